The standard InChI is InChI=1S/C16H22N2O3/c1-16(2,10-14(19)20)17-15(21)18-9-8-13(11-18)12-6-4-3-5-7-12/h3-7,13H,8-11H2,1-2H3,(H,17,21)(H,19,20). The molecule has 0 spiro atoms. The van der Waals surface area contributed by atoms with Crippen LogP contribution in [0.15, 0.2) is 30.3 Å². The van der Waals surface area contributed by atoms with Gasteiger partial charge in [0.25, 0.3) is 0 Å². The molecule has 1 fully saturated rings. The number of amides is 2. The molecule has 0 bridgehead atoms. The maximum atomic E-state index is 12.2. The van der Waals surface area contributed by atoms with Gasteiger partial charge in [-0.25, -0.2) is 4.79 Å². The summed E-state index contributed by atoms with van der Waals surface area (Å²) >= 11 is 0. The summed E-state index contributed by atoms with van der Waals surface area (Å²) in [7, 11) is 0. The number of carbonyl (C=O) groups excluding carboxylic acids is 1. The lowest BCUT2D eigenvalue weighted by molar-refractivity contribution is -0.138. The Labute approximate surface area is 125 Å². The van der Waals surface area contributed by atoms with Crippen molar-refractivity contribution in [3.63, 3.8) is 0 Å². The van der Waals surface area contributed by atoms with E-state index < -0.39 is 11.5 Å². The van der Waals surface area contributed by atoms with Crippen LogP contribution in [0.1, 0.15) is 38.2 Å². The van der Waals surface area contributed by atoms with E-state index in [0.717, 1.165) is 6.42 Å². The Morgan fingerprint density at radius 2 is 2.00 bits per heavy atom. The number of carboxylic acids is 1. The molecule has 0 aliphatic carbocycles. The number of hydrogen-bond donors (Lipinski definition) is 2. The van der Waals surface area contributed by atoms with Crippen LogP contribution in [0.25, 0.3) is 0 Å². The zero-order valence-electron chi connectivity index (χ0n) is 12.5. The maximum absolute atomic E-state index is 12.2. The van der Waals surface area contributed by atoms with E-state index in [1.54, 1.807) is 18.7 Å². The van der Waals surface area contributed by atoms with Crippen LogP contribution < -0.4 is 5.32 Å². The van der Waals surface area contributed by atoms with Crippen LogP contribution in [-0.4, -0.2) is 40.6 Å². The molecule has 0 aromatic heterocycles. The minimum absolute atomic E-state index is 0.0886. The lowest BCUT2D eigenvalue weighted by atomic mass is 9.99. The molecular formula is C16H22N2O3. The van der Waals surface area contributed by atoms with Crippen LogP contribution in [0.4, 0.5) is 4.79 Å². The lowest BCUT2D eigenvalue weighted by Gasteiger charge is -2.28. The zero-order valence-corrected chi connectivity index (χ0v) is 12.5. The molecule has 2 amide bonds. The summed E-state index contributed by atoms with van der Waals surface area (Å²) in [5, 5.41) is 11.7. The fraction of sp³-hybridized carbons (Fsp3) is 0.500. The smallest absolute Gasteiger partial charge is 0.317 e. The Hall–Kier alpha value is -2.04. The molecule has 5 heteroatoms. The van der Waals surface area contributed by atoms with Crippen LogP contribution in [0.2, 0.25) is 0 Å². The van der Waals surface area contributed by atoms with Gasteiger partial charge in [-0.2, -0.15) is 0 Å². The van der Waals surface area contributed by atoms with E-state index in [1.165, 1.54) is 5.56 Å². The van der Waals surface area contributed by atoms with E-state index in [4.69, 9.17) is 5.11 Å². The molecular weight excluding hydrogens is 268 g/mol. The largest absolute Gasteiger partial charge is 0.481 e. The van der Waals surface area contributed by atoms with Crippen molar-refractivity contribution in [3.05, 3.63) is 35.9 Å². The SMILES string of the molecule is CC(C)(CC(=O)O)NC(=O)N1CCC(c2ccccc2)C1. The fourth-order valence-corrected chi connectivity index (χ4v) is 2.73. The highest BCUT2D eigenvalue weighted by molar-refractivity contribution is 5.77. The van der Waals surface area contributed by atoms with Crippen molar-refractivity contribution in [2.45, 2.75) is 38.1 Å². The van der Waals surface area contributed by atoms with Gasteiger partial charge in [-0.1, -0.05) is 30.3 Å². The van der Waals surface area contributed by atoms with Crippen molar-refractivity contribution >= 4 is 12.0 Å². The fourth-order valence-electron chi connectivity index (χ4n) is 2.73. The molecule has 1 atom stereocenters. The van der Waals surface area contributed by atoms with Crippen molar-refractivity contribution in [2.75, 3.05) is 13.1 Å². The van der Waals surface area contributed by atoms with Gasteiger partial charge in [0.2, 0.25) is 0 Å². The van der Waals surface area contributed by atoms with Gasteiger partial charge in [-0.15, -0.1) is 0 Å². The molecule has 0 radical (unpaired) electrons. The Bertz CT molecular complexity index is 514. The van der Waals surface area contributed by atoms with Crippen LogP contribution in [-0.2, 0) is 4.79 Å². The summed E-state index contributed by atoms with van der Waals surface area (Å²) in [5.74, 6) is -0.552. The quantitative estimate of drug-likeness (QED) is 0.895. The molecule has 114 valence electrons. The Morgan fingerprint density at radius 3 is 2.62 bits per heavy atom. The third kappa shape index (κ3) is 4.21. The van der Waals surface area contributed by atoms with Gasteiger partial charge in [-0.05, 0) is 25.8 Å². The van der Waals surface area contributed by atoms with E-state index in [2.05, 4.69) is 17.4 Å². The van der Waals surface area contributed by atoms with Gasteiger partial charge in [0.05, 0.1) is 6.42 Å². The summed E-state index contributed by atoms with van der Waals surface area (Å²) < 4.78 is 0. The number of hydrogen-bond acceptors (Lipinski definition) is 2. The van der Waals surface area contributed by atoms with Crippen LogP contribution in [0.3, 0.4) is 0 Å². The Morgan fingerprint density at radius 1 is 1.33 bits per heavy atom. The molecule has 1 aromatic carbocycles. The third-order valence-electron chi connectivity index (χ3n) is 3.78. The highest BCUT2D eigenvalue weighted by atomic mass is 16.4. The number of carbonyl (C=O) groups is 2. The average molecular weight is 290 g/mol. The molecule has 2 rings (SSSR count). The molecule has 0 saturated carbocycles. The van der Waals surface area contributed by atoms with Gasteiger partial charge >= 0.3 is 12.0 Å². The van der Waals surface area contributed by atoms with E-state index >= 15 is 0 Å². The molecule has 1 aromatic rings. The lowest BCUT2D eigenvalue weighted by Crippen LogP contribution is -2.50. The van der Waals surface area contributed by atoms with Crippen molar-refractivity contribution < 1.29 is 14.7 Å². The highest BCUT2D eigenvalue weighted by Gasteiger charge is 2.31. The molecule has 1 heterocycles. The first-order valence-electron chi connectivity index (χ1n) is 7.21. The third-order valence-corrected chi connectivity index (χ3v) is 3.78. The van der Waals surface area contributed by atoms with E-state index in [-0.39, 0.29) is 12.5 Å². The van der Waals surface area contributed by atoms with Gasteiger partial charge in [0.1, 0.15) is 0 Å². The molecule has 1 saturated heterocycles. The van der Waals surface area contributed by atoms with E-state index in [0.29, 0.717) is 19.0 Å². The second kappa shape index (κ2) is 6.16. The number of aliphatic carboxylic acids is 1. The van der Waals surface area contributed by atoms with Crippen LogP contribution in [0.5, 0.6) is 0 Å². The monoisotopic (exact) mass is 290 g/mol. The predicted molar refractivity (Wildman–Crippen MR) is 80.2 cm³/mol. The summed E-state index contributed by atoms with van der Waals surface area (Å²) in [6.45, 7) is 4.83. The second-order valence-electron chi connectivity index (χ2n) is 6.23. The second-order valence-corrected chi connectivity index (χ2v) is 6.23. The molecule has 5 nitrogen and oxygen atoms in total. The maximum Gasteiger partial charge on any atom is 0.317 e. The van der Waals surface area contributed by atoms with E-state index in [1.807, 2.05) is 18.2 Å². The van der Waals surface area contributed by atoms with Gasteiger partial charge in [0, 0.05) is 24.5 Å². The highest BCUT2D eigenvalue weighted by Crippen LogP contribution is 2.27. The first-order valence-corrected chi connectivity index (χ1v) is 7.21. The van der Waals surface area contributed by atoms with Gasteiger partial charge in [-0.3, -0.25) is 4.79 Å². The van der Waals surface area contributed by atoms with Gasteiger partial charge in [0.15, 0.2) is 0 Å². The predicted octanol–water partition coefficient (Wildman–Crippen LogP) is 2.44. The van der Waals surface area contributed by atoms with Gasteiger partial charge < -0.3 is 15.3 Å². The van der Waals surface area contributed by atoms with E-state index in [9.17, 15) is 9.59 Å². The summed E-state index contributed by atoms with van der Waals surface area (Å²) in [4.78, 5) is 24.8. The molecule has 1 aliphatic heterocycles. The van der Waals surface area contributed by atoms with Crippen molar-refractivity contribution in [2.24, 2.45) is 0 Å². The average Bonchev–Trinajstić information content (AvgIpc) is 2.87. The number of benzene rings is 1. The molecule has 2 N–H and O–H groups in total. The number of rotatable bonds is 4. The topological polar surface area (TPSA) is 69.6 Å². The number of nitrogens with one attached hydrogen (secondary N) is 1. The van der Waals surface area contributed by atoms with Crippen LogP contribution in [0, 0.1) is 0 Å². The summed E-state index contributed by atoms with van der Waals surface area (Å²) in [6, 6.07) is 9.99. The van der Waals surface area contributed by atoms with Crippen molar-refractivity contribution in [1.82, 2.24) is 10.2 Å². The first kappa shape index (κ1) is 15.4. The number of nitrogens with zero attached hydrogens (tertiary/aromatic N) is 1. The molecule has 1 aliphatic rings. The Kier molecular flexibility index (Phi) is 4.50. The van der Waals surface area contributed by atoms with Crippen LogP contribution >= 0.6 is 0 Å². The molecule has 1 unspecified atom stereocenters. The zero-order chi connectivity index (χ0) is 15.5. The minimum atomic E-state index is -0.913. The normalized spacial score (nSPS) is 18.6. The summed E-state index contributed by atoms with van der Waals surface area (Å²) in [6.07, 6.45) is 0.853. The number of urea groups is 1. The summed E-state index contributed by atoms with van der Waals surface area (Å²) in [5.41, 5.74) is 0.505. The Balaban J connectivity index is 1.92. The number of carboxylic acid groups (broad SMARTS) is 1. The van der Waals surface area contributed by atoms with Crippen molar-refractivity contribution in [1.29, 1.82) is 0 Å². The number of likely N-dealkylation sites (tertiary alicyclic amines) is 1. The minimum Gasteiger partial charge on any atom is -0.481 e. The molecule has 21 heavy (non-hydrogen) atoms. The van der Waals surface area contributed by atoms with Crippen molar-refractivity contribution in [3.8, 4) is 0 Å². The first-order chi connectivity index (χ1) is 9.87.